The molecule has 0 saturated carbocycles. The van der Waals surface area contributed by atoms with Crippen molar-refractivity contribution in [3.63, 3.8) is 0 Å². The molecule has 0 unspecified atom stereocenters. The summed E-state index contributed by atoms with van der Waals surface area (Å²) in [5.41, 5.74) is 0. The average Bonchev–Trinajstić information content (AvgIpc) is 2.18. The van der Waals surface area contributed by atoms with Gasteiger partial charge < -0.3 is 15.3 Å². The highest BCUT2D eigenvalue weighted by atomic mass is 16.3. The minimum absolute atomic E-state index is 0.0215. The number of carbonyl (C=O) groups is 1. The minimum atomic E-state index is -0.0738. The standard InChI is InChI=1S/C10H22N2O2/c1-4-9(5-2)12(7-8-13)10(14)11-6-3/h9,13H,4-8H2,1-3H3,(H,11,14). The van der Waals surface area contributed by atoms with Crippen LogP contribution in [0, 0.1) is 0 Å². The van der Waals surface area contributed by atoms with Gasteiger partial charge in [-0.05, 0) is 19.8 Å². The molecule has 2 amide bonds. The van der Waals surface area contributed by atoms with Crippen molar-refractivity contribution in [1.29, 1.82) is 0 Å². The van der Waals surface area contributed by atoms with Crippen molar-refractivity contribution in [2.45, 2.75) is 39.7 Å². The first-order valence-corrected chi connectivity index (χ1v) is 5.36. The Morgan fingerprint density at radius 2 is 1.93 bits per heavy atom. The molecule has 0 aliphatic rings. The number of aliphatic hydroxyl groups is 1. The maximum Gasteiger partial charge on any atom is 0.317 e. The van der Waals surface area contributed by atoms with Crippen LogP contribution >= 0.6 is 0 Å². The molecule has 0 bridgehead atoms. The smallest absolute Gasteiger partial charge is 0.317 e. The molecule has 0 aliphatic carbocycles. The van der Waals surface area contributed by atoms with Crippen LogP contribution in [-0.2, 0) is 0 Å². The molecule has 0 atom stereocenters. The maximum absolute atomic E-state index is 11.6. The number of carbonyl (C=O) groups excluding carboxylic acids is 1. The number of hydrogen-bond acceptors (Lipinski definition) is 2. The van der Waals surface area contributed by atoms with Gasteiger partial charge in [0.15, 0.2) is 0 Å². The second-order valence-corrected chi connectivity index (χ2v) is 3.22. The molecule has 0 aromatic heterocycles. The molecule has 14 heavy (non-hydrogen) atoms. The van der Waals surface area contributed by atoms with Crippen LogP contribution < -0.4 is 5.32 Å². The van der Waals surface area contributed by atoms with E-state index in [1.165, 1.54) is 0 Å². The first kappa shape index (κ1) is 13.2. The van der Waals surface area contributed by atoms with Gasteiger partial charge in [0.2, 0.25) is 0 Å². The van der Waals surface area contributed by atoms with Gasteiger partial charge in [-0.1, -0.05) is 13.8 Å². The van der Waals surface area contributed by atoms with Crippen molar-refractivity contribution in [3.05, 3.63) is 0 Å². The van der Waals surface area contributed by atoms with E-state index >= 15 is 0 Å². The zero-order valence-corrected chi connectivity index (χ0v) is 9.42. The summed E-state index contributed by atoms with van der Waals surface area (Å²) in [5.74, 6) is 0. The Hall–Kier alpha value is -0.770. The Morgan fingerprint density at radius 1 is 1.36 bits per heavy atom. The number of urea groups is 1. The number of amides is 2. The van der Waals surface area contributed by atoms with E-state index < -0.39 is 0 Å². The van der Waals surface area contributed by atoms with Gasteiger partial charge in [0, 0.05) is 19.1 Å². The van der Waals surface area contributed by atoms with Crippen LogP contribution in [0.25, 0.3) is 0 Å². The molecule has 0 rings (SSSR count). The van der Waals surface area contributed by atoms with E-state index in [1.54, 1.807) is 4.90 Å². The van der Waals surface area contributed by atoms with Crippen LogP contribution in [0.3, 0.4) is 0 Å². The lowest BCUT2D eigenvalue weighted by Crippen LogP contribution is -2.47. The first-order chi connectivity index (χ1) is 6.71. The van der Waals surface area contributed by atoms with Crippen molar-refractivity contribution in [3.8, 4) is 0 Å². The van der Waals surface area contributed by atoms with Crippen LogP contribution in [0.1, 0.15) is 33.6 Å². The number of hydrogen-bond donors (Lipinski definition) is 2. The maximum atomic E-state index is 11.6. The Kier molecular flexibility index (Phi) is 7.20. The van der Waals surface area contributed by atoms with E-state index in [2.05, 4.69) is 19.2 Å². The molecule has 0 aliphatic heterocycles. The van der Waals surface area contributed by atoms with Gasteiger partial charge in [-0.3, -0.25) is 0 Å². The van der Waals surface area contributed by atoms with Crippen LogP contribution in [0.15, 0.2) is 0 Å². The minimum Gasteiger partial charge on any atom is -0.395 e. The lowest BCUT2D eigenvalue weighted by molar-refractivity contribution is 0.148. The van der Waals surface area contributed by atoms with Crippen molar-refractivity contribution in [2.75, 3.05) is 19.7 Å². The number of nitrogens with zero attached hydrogens (tertiary/aromatic N) is 1. The molecule has 4 heteroatoms. The van der Waals surface area contributed by atoms with Crippen molar-refractivity contribution >= 4 is 6.03 Å². The SMILES string of the molecule is CCNC(=O)N(CCO)C(CC)CC. The van der Waals surface area contributed by atoms with Gasteiger partial charge in [-0.25, -0.2) is 4.79 Å². The van der Waals surface area contributed by atoms with Gasteiger partial charge in [0.05, 0.1) is 6.61 Å². The molecule has 2 N–H and O–H groups in total. The topological polar surface area (TPSA) is 52.6 Å². The van der Waals surface area contributed by atoms with E-state index in [0.29, 0.717) is 13.1 Å². The summed E-state index contributed by atoms with van der Waals surface area (Å²) < 4.78 is 0. The lowest BCUT2D eigenvalue weighted by Gasteiger charge is -2.29. The van der Waals surface area contributed by atoms with E-state index in [9.17, 15) is 4.79 Å². The van der Waals surface area contributed by atoms with Gasteiger partial charge >= 0.3 is 6.03 Å². The second-order valence-electron chi connectivity index (χ2n) is 3.22. The summed E-state index contributed by atoms with van der Waals surface area (Å²) in [6.45, 7) is 7.06. The monoisotopic (exact) mass is 202 g/mol. The molecule has 84 valence electrons. The Morgan fingerprint density at radius 3 is 2.29 bits per heavy atom. The molecule has 0 spiro atoms. The number of rotatable bonds is 6. The third kappa shape index (κ3) is 3.96. The third-order valence-electron chi connectivity index (χ3n) is 2.31. The largest absolute Gasteiger partial charge is 0.395 e. The highest BCUT2D eigenvalue weighted by Crippen LogP contribution is 2.08. The van der Waals surface area contributed by atoms with Crippen LogP contribution in [0.4, 0.5) is 4.79 Å². The average molecular weight is 202 g/mol. The zero-order chi connectivity index (χ0) is 11.0. The molecule has 4 nitrogen and oxygen atoms in total. The summed E-state index contributed by atoms with van der Waals surface area (Å²) in [4.78, 5) is 13.3. The highest BCUT2D eigenvalue weighted by Gasteiger charge is 2.19. The van der Waals surface area contributed by atoms with E-state index in [4.69, 9.17) is 5.11 Å². The molecular formula is C10H22N2O2. The highest BCUT2D eigenvalue weighted by molar-refractivity contribution is 5.74. The molecule has 0 fully saturated rings. The predicted molar refractivity (Wildman–Crippen MR) is 57.2 cm³/mol. The summed E-state index contributed by atoms with van der Waals surface area (Å²) in [5, 5.41) is 11.6. The fourth-order valence-electron chi connectivity index (χ4n) is 1.54. The Bertz CT molecular complexity index is 158. The molecular weight excluding hydrogens is 180 g/mol. The van der Waals surface area contributed by atoms with Crippen LogP contribution in [0.2, 0.25) is 0 Å². The summed E-state index contributed by atoms with van der Waals surface area (Å²) in [7, 11) is 0. The van der Waals surface area contributed by atoms with E-state index in [0.717, 1.165) is 12.8 Å². The summed E-state index contributed by atoms with van der Waals surface area (Å²) >= 11 is 0. The van der Waals surface area contributed by atoms with Crippen molar-refractivity contribution in [1.82, 2.24) is 10.2 Å². The molecule has 0 aromatic carbocycles. The second kappa shape index (κ2) is 7.62. The fraction of sp³-hybridized carbons (Fsp3) is 0.900. The lowest BCUT2D eigenvalue weighted by atomic mass is 10.1. The number of aliphatic hydroxyl groups excluding tert-OH is 1. The molecule has 0 aromatic rings. The van der Waals surface area contributed by atoms with Crippen LogP contribution in [-0.4, -0.2) is 41.8 Å². The van der Waals surface area contributed by atoms with Gasteiger partial charge in [-0.15, -0.1) is 0 Å². The van der Waals surface area contributed by atoms with Gasteiger partial charge in [0.25, 0.3) is 0 Å². The summed E-state index contributed by atoms with van der Waals surface area (Å²) in [6.07, 6.45) is 1.85. The van der Waals surface area contributed by atoms with E-state index in [1.807, 2.05) is 6.92 Å². The Balaban J connectivity index is 4.31. The molecule has 0 saturated heterocycles. The first-order valence-electron chi connectivity index (χ1n) is 5.36. The normalized spacial score (nSPS) is 10.4. The quantitative estimate of drug-likeness (QED) is 0.680. The third-order valence-corrected chi connectivity index (χ3v) is 2.31. The predicted octanol–water partition coefficient (Wildman–Crippen LogP) is 1.20. The van der Waals surface area contributed by atoms with Gasteiger partial charge in [0.1, 0.15) is 0 Å². The van der Waals surface area contributed by atoms with E-state index in [-0.39, 0.29) is 18.7 Å². The van der Waals surface area contributed by atoms with Crippen LogP contribution in [0.5, 0.6) is 0 Å². The molecule has 0 radical (unpaired) electrons. The fourth-order valence-corrected chi connectivity index (χ4v) is 1.54. The van der Waals surface area contributed by atoms with Crippen molar-refractivity contribution < 1.29 is 9.90 Å². The number of nitrogens with one attached hydrogen (secondary N) is 1. The zero-order valence-electron chi connectivity index (χ0n) is 9.42. The van der Waals surface area contributed by atoms with Crippen molar-refractivity contribution in [2.24, 2.45) is 0 Å². The Labute approximate surface area is 86.3 Å². The van der Waals surface area contributed by atoms with Gasteiger partial charge in [-0.2, -0.15) is 0 Å². The summed E-state index contributed by atoms with van der Waals surface area (Å²) in [6, 6.07) is 0.156. The molecule has 0 heterocycles.